The van der Waals surface area contributed by atoms with Gasteiger partial charge in [0.05, 0.1) is 18.6 Å². The molecule has 2 saturated heterocycles. The van der Waals surface area contributed by atoms with Crippen molar-refractivity contribution in [2.75, 3.05) is 26.2 Å². The molecule has 1 aromatic heterocycles. The van der Waals surface area contributed by atoms with E-state index in [1.165, 1.54) is 12.8 Å². The van der Waals surface area contributed by atoms with Crippen molar-refractivity contribution in [2.45, 2.75) is 38.0 Å². The Bertz CT molecular complexity index is 1060. The van der Waals surface area contributed by atoms with E-state index in [-0.39, 0.29) is 12.3 Å². The van der Waals surface area contributed by atoms with Gasteiger partial charge in [0.25, 0.3) is 0 Å². The fraction of sp³-hybridized carbons (Fsp3) is 0.357. The first-order valence-electron chi connectivity index (χ1n) is 12.1. The quantitative estimate of drug-likeness (QED) is 0.529. The molecule has 1 amide bonds. The zero-order valence-corrected chi connectivity index (χ0v) is 19.4. The van der Waals surface area contributed by atoms with E-state index >= 15 is 0 Å². The molecule has 0 aliphatic carbocycles. The predicted octanol–water partition coefficient (Wildman–Crippen LogP) is 3.85. The third-order valence-electron chi connectivity index (χ3n) is 6.48. The summed E-state index contributed by atoms with van der Waals surface area (Å²) in [4.78, 5) is 19.2. The van der Waals surface area contributed by atoms with Gasteiger partial charge in [-0.05, 0) is 42.2 Å². The number of carbonyl (C=O) groups excluding carboxylic acids is 1. The van der Waals surface area contributed by atoms with Crippen molar-refractivity contribution >= 4 is 5.91 Å². The van der Waals surface area contributed by atoms with Gasteiger partial charge in [0, 0.05) is 43.6 Å². The molecule has 3 aromatic rings. The average Bonchev–Trinajstić information content (AvgIpc) is 3.22. The van der Waals surface area contributed by atoms with Gasteiger partial charge in [-0.1, -0.05) is 48.5 Å². The highest BCUT2D eigenvalue weighted by Gasteiger charge is 2.33. The molecule has 0 radical (unpaired) electrons. The monoisotopic (exact) mass is 457 g/mol. The molecule has 176 valence electrons. The standard InChI is InChI=1S/C28H31N3O3/c32-28(30-17-21-4-2-1-3-5-21)16-24-9-6-23(18-29-24)22-7-10-25(11-8-22)33-15-14-31-19-26-12-13-27(20-31)34-26/h1-11,18,26-27H,12-17,19-20H2,(H,30,32). The van der Waals surface area contributed by atoms with Gasteiger partial charge in [0.1, 0.15) is 12.4 Å². The van der Waals surface area contributed by atoms with Gasteiger partial charge in [-0.3, -0.25) is 14.7 Å². The smallest absolute Gasteiger partial charge is 0.226 e. The van der Waals surface area contributed by atoms with Crippen molar-refractivity contribution < 1.29 is 14.3 Å². The first kappa shape index (κ1) is 22.6. The average molecular weight is 458 g/mol. The third kappa shape index (κ3) is 6.01. The van der Waals surface area contributed by atoms with E-state index in [9.17, 15) is 4.79 Å². The van der Waals surface area contributed by atoms with Crippen molar-refractivity contribution in [1.82, 2.24) is 15.2 Å². The second kappa shape index (κ2) is 10.8. The highest BCUT2D eigenvalue weighted by atomic mass is 16.5. The molecule has 0 spiro atoms. The lowest BCUT2D eigenvalue weighted by Crippen LogP contribution is -2.44. The minimum absolute atomic E-state index is 0.0321. The molecule has 5 rings (SSSR count). The van der Waals surface area contributed by atoms with Crippen LogP contribution in [0.15, 0.2) is 72.9 Å². The number of nitrogens with one attached hydrogen (secondary N) is 1. The number of fused-ring (bicyclic) bond motifs is 2. The molecular formula is C28H31N3O3. The zero-order valence-electron chi connectivity index (χ0n) is 19.4. The van der Waals surface area contributed by atoms with Crippen LogP contribution in [-0.2, 0) is 22.5 Å². The number of carbonyl (C=O) groups is 1. The van der Waals surface area contributed by atoms with Crippen molar-refractivity contribution in [1.29, 1.82) is 0 Å². The van der Waals surface area contributed by atoms with Crippen LogP contribution in [0.25, 0.3) is 11.1 Å². The lowest BCUT2D eigenvalue weighted by atomic mass is 10.1. The number of benzene rings is 2. The van der Waals surface area contributed by atoms with Crippen LogP contribution in [-0.4, -0.2) is 54.2 Å². The van der Waals surface area contributed by atoms with E-state index in [4.69, 9.17) is 9.47 Å². The van der Waals surface area contributed by atoms with Gasteiger partial charge >= 0.3 is 0 Å². The number of amides is 1. The SMILES string of the molecule is O=C(Cc1ccc(-c2ccc(OCCN3CC4CCC(C3)O4)cc2)cn1)NCc1ccccc1. The van der Waals surface area contributed by atoms with Crippen LogP contribution < -0.4 is 10.1 Å². The van der Waals surface area contributed by atoms with Crippen molar-refractivity contribution in [3.05, 3.63) is 84.2 Å². The first-order chi connectivity index (χ1) is 16.7. The van der Waals surface area contributed by atoms with E-state index in [1.54, 1.807) is 0 Å². The topological polar surface area (TPSA) is 63.7 Å². The number of pyridine rings is 1. The third-order valence-corrected chi connectivity index (χ3v) is 6.48. The molecule has 2 fully saturated rings. The Labute approximate surface area is 200 Å². The molecule has 2 unspecified atom stereocenters. The van der Waals surface area contributed by atoms with Gasteiger partial charge in [-0.2, -0.15) is 0 Å². The molecule has 6 heteroatoms. The summed E-state index contributed by atoms with van der Waals surface area (Å²) in [5, 5.41) is 2.94. The summed E-state index contributed by atoms with van der Waals surface area (Å²) in [6.07, 6.45) is 5.32. The largest absolute Gasteiger partial charge is 0.492 e. The van der Waals surface area contributed by atoms with Crippen molar-refractivity contribution in [3.8, 4) is 16.9 Å². The second-order valence-electron chi connectivity index (χ2n) is 9.07. The van der Waals surface area contributed by atoms with Crippen LogP contribution in [0, 0.1) is 0 Å². The maximum Gasteiger partial charge on any atom is 0.226 e. The molecule has 0 saturated carbocycles. The number of likely N-dealkylation sites (tertiary alicyclic amines) is 1. The van der Waals surface area contributed by atoms with Crippen LogP contribution in [0.2, 0.25) is 0 Å². The first-order valence-corrected chi connectivity index (χ1v) is 12.1. The zero-order chi connectivity index (χ0) is 23.2. The van der Waals surface area contributed by atoms with Crippen LogP contribution >= 0.6 is 0 Å². The molecule has 6 nitrogen and oxygen atoms in total. The minimum Gasteiger partial charge on any atom is -0.492 e. The highest BCUT2D eigenvalue weighted by Crippen LogP contribution is 2.26. The summed E-state index contributed by atoms with van der Waals surface area (Å²) in [7, 11) is 0. The number of hydrogen-bond acceptors (Lipinski definition) is 5. The maximum absolute atomic E-state index is 12.2. The molecule has 34 heavy (non-hydrogen) atoms. The molecule has 2 atom stereocenters. The second-order valence-corrected chi connectivity index (χ2v) is 9.07. The Morgan fingerprint density at radius 3 is 2.41 bits per heavy atom. The van der Waals surface area contributed by atoms with E-state index in [0.29, 0.717) is 25.4 Å². The summed E-state index contributed by atoms with van der Waals surface area (Å²) in [5.74, 6) is 0.843. The Morgan fingerprint density at radius 1 is 0.971 bits per heavy atom. The number of rotatable bonds is 9. The fourth-order valence-corrected chi connectivity index (χ4v) is 4.64. The lowest BCUT2D eigenvalue weighted by Gasteiger charge is -2.31. The number of ether oxygens (including phenoxy) is 2. The van der Waals surface area contributed by atoms with Gasteiger partial charge in [-0.15, -0.1) is 0 Å². The molecule has 2 aliphatic rings. The summed E-state index contributed by atoms with van der Waals surface area (Å²) >= 11 is 0. The molecule has 1 N–H and O–H groups in total. The number of morpholine rings is 1. The fourth-order valence-electron chi connectivity index (χ4n) is 4.64. The Hall–Kier alpha value is -3.22. The van der Waals surface area contributed by atoms with Crippen LogP contribution in [0.3, 0.4) is 0 Å². The van der Waals surface area contributed by atoms with Gasteiger partial charge < -0.3 is 14.8 Å². The Morgan fingerprint density at radius 2 is 1.71 bits per heavy atom. The summed E-state index contributed by atoms with van der Waals surface area (Å²) in [6, 6.07) is 21.9. The van der Waals surface area contributed by atoms with Crippen LogP contribution in [0.5, 0.6) is 5.75 Å². The summed E-state index contributed by atoms with van der Waals surface area (Å²) in [6.45, 7) is 4.19. The van der Waals surface area contributed by atoms with Gasteiger partial charge in [-0.25, -0.2) is 0 Å². The lowest BCUT2D eigenvalue weighted by molar-refractivity contribution is -0.120. The van der Waals surface area contributed by atoms with Crippen molar-refractivity contribution in [3.63, 3.8) is 0 Å². The van der Waals surface area contributed by atoms with Crippen LogP contribution in [0.1, 0.15) is 24.1 Å². The highest BCUT2D eigenvalue weighted by molar-refractivity contribution is 5.78. The predicted molar refractivity (Wildman–Crippen MR) is 131 cm³/mol. The summed E-state index contributed by atoms with van der Waals surface area (Å²) in [5.41, 5.74) is 3.93. The summed E-state index contributed by atoms with van der Waals surface area (Å²) < 4.78 is 11.9. The van der Waals surface area contributed by atoms with Gasteiger partial charge in [0.2, 0.25) is 5.91 Å². The van der Waals surface area contributed by atoms with Crippen molar-refractivity contribution in [2.24, 2.45) is 0 Å². The number of aromatic nitrogens is 1. The van der Waals surface area contributed by atoms with E-state index in [0.717, 1.165) is 47.8 Å². The number of hydrogen-bond donors (Lipinski definition) is 1. The van der Waals surface area contributed by atoms with E-state index < -0.39 is 0 Å². The molecule has 2 aliphatic heterocycles. The Kier molecular flexibility index (Phi) is 7.17. The van der Waals surface area contributed by atoms with Gasteiger partial charge in [0.15, 0.2) is 0 Å². The molecule has 3 heterocycles. The van der Waals surface area contributed by atoms with E-state index in [1.807, 2.05) is 72.9 Å². The minimum atomic E-state index is -0.0321. The van der Waals surface area contributed by atoms with Crippen LogP contribution in [0.4, 0.5) is 0 Å². The van der Waals surface area contributed by atoms with E-state index in [2.05, 4.69) is 15.2 Å². The molecular weight excluding hydrogens is 426 g/mol. The number of nitrogens with zero attached hydrogens (tertiary/aromatic N) is 2. The normalized spacial score (nSPS) is 19.6. The molecule has 2 bridgehead atoms. The maximum atomic E-state index is 12.2. The molecule has 2 aromatic carbocycles. The Balaban J connectivity index is 1.07.